The topological polar surface area (TPSA) is 75.7 Å². The number of rotatable bonds is 4. The Kier molecular flexibility index (Phi) is 5.65. The van der Waals surface area contributed by atoms with Gasteiger partial charge < -0.3 is 9.84 Å². The standard InChI is InChI=1S/C33H20F5N5O/c34-22-8-3-7-20(30(22)35)31-41-27-10-4-9-26-32(27,42-31)15-24(40-26)29-19-6-2-1-5-17(19)13-21(29)25-14-23(43-44-25)18-11-12-28(39-16-18)33(36,37)38/h1-14,16,24,29H,15H2,(H,41,42). The Bertz CT molecular complexity index is 2000. The van der Waals surface area contributed by atoms with Gasteiger partial charge in [0, 0.05) is 35.7 Å². The predicted molar refractivity (Wildman–Crippen MR) is 154 cm³/mol. The van der Waals surface area contributed by atoms with Crippen LogP contribution in [0.4, 0.5) is 22.0 Å². The lowest BCUT2D eigenvalue weighted by molar-refractivity contribution is -0.141. The van der Waals surface area contributed by atoms with E-state index in [1.165, 1.54) is 18.2 Å². The van der Waals surface area contributed by atoms with E-state index in [4.69, 9.17) is 14.5 Å². The summed E-state index contributed by atoms with van der Waals surface area (Å²) in [5.74, 6) is -1.51. The zero-order chi connectivity index (χ0) is 30.2. The summed E-state index contributed by atoms with van der Waals surface area (Å²) >= 11 is 0. The highest BCUT2D eigenvalue weighted by Gasteiger charge is 2.53. The smallest absolute Gasteiger partial charge is 0.356 e. The van der Waals surface area contributed by atoms with Gasteiger partial charge in [-0.2, -0.15) is 13.2 Å². The van der Waals surface area contributed by atoms with Crippen LogP contribution in [0.3, 0.4) is 0 Å². The summed E-state index contributed by atoms with van der Waals surface area (Å²) in [4.78, 5) is 13.6. The number of nitrogens with zero attached hydrogens (tertiary/aromatic N) is 4. The van der Waals surface area contributed by atoms with E-state index in [0.717, 1.165) is 40.7 Å². The Morgan fingerprint density at radius 3 is 2.68 bits per heavy atom. The molecule has 4 aliphatic rings. The van der Waals surface area contributed by atoms with Crippen molar-refractivity contribution in [3.05, 3.63) is 131 Å². The number of fused-ring (bicyclic) bond motifs is 1. The summed E-state index contributed by atoms with van der Waals surface area (Å²) in [5.41, 5.74) is 3.15. The lowest BCUT2D eigenvalue weighted by Crippen LogP contribution is -2.37. The highest BCUT2D eigenvalue weighted by molar-refractivity contribution is 6.15. The first-order valence-electron chi connectivity index (χ1n) is 13.8. The van der Waals surface area contributed by atoms with Crippen molar-refractivity contribution >= 4 is 23.2 Å². The van der Waals surface area contributed by atoms with Crippen molar-refractivity contribution in [3.63, 3.8) is 0 Å². The van der Waals surface area contributed by atoms with Gasteiger partial charge >= 0.3 is 6.18 Å². The molecule has 218 valence electrons. The first-order chi connectivity index (χ1) is 21.2. The van der Waals surface area contributed by atoms with E-state index >= 15 is 0 Å². The fraction of sp³-hybridized carbons (Fsp3) is 0.152. The number of aliphatic imine (C=N–C) groups is 2. The summed E-state index contributed by atoms with van der Waals surface area (Å²) in [6.45, 7) is 0. The second-order valence-electron chi connectivity index (χ2n) is 11.0. The Morgan fingerprint density at radius 1 is 1.00 bits per heavy atom. The van der Waals surface area contributed by atoms with Crippen LogP contribution in [0.25, 0.3) is 22.9 Å². The number of hydrogen-bond acceptors (Lipinski definition) is 6. The van der Waals surface area contributed by atoms with Gasteiger partial charge in [0.15, 0.2) is 17.4 Å². The molecule has 11 heteroatoms. The normalized spacial score (nSPS) is 23.3. The zero-order valence-corrected chi connectivity index (χ0v) is 22.6. The van der Waals surface area contributed by atoms with Gasteiger partial charge in [-0.15, -0.1) is 0 Å². The average Bonchev–Trinajstić information content (AvgIpc) is 3.79. The molecule has 0 radical (unpaired) electrons. The van der Waals surface area contributed by atoms with Crippen LogP contribution < -0.4 is 5.32 Å². The van der Waals surface area contributed by atoms with E-state index in [2.05, 4.69) is 15.5 Å². The van der Waals surface area contributed by atoms with Crippen molar-refractivity contribution in [1.82, 2.24) is 15.5 Å². The minimum Gasteiger partial charge on any atom is -0.356 e. The molecule has 44 heavy (non-hydrogen) atoms. The Balaban J connectivity index is 1.16. The SMILES string of the molecule is Fc1cccc(C2=NC34CC(C5C(c6cc(-c7ccc(C(F)(F)F)nc7)no6)=Cc6ccccc65)N=C3C=CC=C4N2)c1F. The summed E-state index contributed by atoms with van der Waals surface area (Å²) in [7, 11) is 0. The van der Waals surface area contributed by atoms with E-state index in [0.29, 0.717) is 29.2 Å². The van der Waals surface area contributed by atoms with E-state index in [-0.39, 0.29) is 23.4 Å². The van der Waals surface area contributed by atoms with Gasteiger partial charge in [-0.25, -0.2) is 13.8 Å². The van der Waals surface area contributed by atoms with Crippen LogP contribution in [-0.2, 0) is 6.18 Å². The molecule has 0 saturated carbocycles. The van der Waals surface area contributed by atoms with Crippen molar-refractivity contribution in [2.45, 2.75) is 30.1 Å². The maximum absolute atomic E-state index is 14.8. The van der Waals surface area contributed by atoms with Gasteiger partial charge in [-0.05, 0) is 53.6 Å². The molecule has 0 amide bonds. The molecule has 1 spiro atoms. The molecule has 6 nitrogen and oxygen atoms in total. The van der Waals surface area contributed by atoms with Crippen molar-refractivity contribution < 1.29 is 26.5 Å². The Labute approximate surface area is 247 Å². The lowest BCUT2D eigenvalue weighted by atomic mass is 9.79. The number of alkyl halides is 3. The zero-order valence-electron chi connectivity index (χ0n) is 22.6. The van der Waals surface area contributed by atoms with Gasteiger partial charge in [-0.3, -0.25) is 9.98 Å². The molecule has 2 aliphatic carbocycles. The first-order valence-corrected chi connectivity index (χ1v) is 13.8. The number of nitrogens with one attached hydrogen (secondary N) is 1. The Morgan fingerprint density at radius 2 is 1.86 bits per heavy atom. The molecule has 0 fully saturated rings. The minimum absolute atomic E-state index is 0.0382. The van der Waals surface area contributed by atoms with Gasteiger partial charge in [-0.1, -0.05) is 41.6 Å². The molecule has 0 saturated heterocycles. The van der Waals surface area contributed by atoms with Crippen LogP contribution in [0.2, 0.25) is 0 Å². The van der Waals surface area contributed by atoms with Crippen molar-refractivity contribution in [2.24, 2.45) is 9.98 Å². The largest absolute Gasteiger partial charge is 0.433 e. The second kappa shape index (κ2) is 9.40. The third-order valence-electron chi connectivity index (χ3n) is 8.46. The van der Waals surface area contributed by atoms with Crippen LogP contribution >= 0.6 is 0 Å². The van der Waals surface area contributed by atoms with E-state index in [1.54, 1.807) is 6.07 Å². The molecule has 4 aromatic rings. The van der Waals surface area contributed by atoms with Crippen molar-refractivity contribution in [2.75, 3.05) is 0 Å². The number of pyridine rings is 1. The molecule has 4 heterocycles. The number of halogens is 5. The maximum Gasteiger partial charge on any atom is 0.433 e. The van der Waals surface area contributed by atoms with E-state index in [1.807, 2.05) is 48.6 Å². The average molecular weight is 598 g/mol. The number of benzene rings is 2. The highest BCUT2D eigenvalue weighted by atomic mass is 19.4. The third-order valence-corrected chi connectivity index (χ3v) is 8.46. The van der Waals surface area contributed by atoms with Gasteiger partial charge in [0.1, 0.15) is 22.8 Å². The van der Waals surface area contributed by atoms with Gasteiger partial charge in [0.2, 0.25) is 0 Å². The van der Waals surface area contributed by atoms with Crippen LogP contribution in [0.5, 0.6) is 0 Å². The fourth-order valence-corrected chi connectivity index (χ4v) is 6.45. The number of hydrogen-bond donors (Lipinski definition) is 1. The number of amidine groups is 1. The van der Waals surface area contributed by atoms with Crippen LogP contribution in [0.1, 0.15) is 40.5 Å². The molecule has 8 rings (SSSR count). The second-order valence-corrected chi connectivity index (χ2v) is 11.0. The summed E-state index contributed by atoms with van der Waals surface area (Å²) in [5, 5.41) is 7.34. The van der Waals surface area contributed by atoms with Crippen molar-refractivity contribution in [3.8, 4) is 11.3 Å². The molecule has 2 aromatic carbocycles. The summed E-state index contributed by atoms with van der Waals surface area (Å²) in [6, 6.07) is 15.5. The van der Waals surface area contributed by atoms with Crippen LogP contribution in [0, 0.1) is 11.6 Å². The number of aromatic nitrogens is 2. The highest BCUT2D eigenvalue weighted by Crippen LogP contribution is 2.51. The summed E-state index contributed by atoms with van der Waals surface area (Å²) in [6.07, 6.45) is 4.63. The summed E-state index contributed by atoms with van der Waals surface area (Å²) < 4.78 is 73.7. The lowest BCUT2D eigenvalue weighted by Gasteiger charge is -2.27. The van der Waals surface area contributed by atoms with E-state index in [9.17, 15) is 22.0 Å². The Hall–Kier alpha value is -5.19. The predicted octanol–water partition coefficient (Wildman–Crippen LogP) is 7.13. The molecule has 3 unspecified atom stereocenters. The molecule has 1 N–H and O–H groups in total. The molecular weight excluding hydrogens is 577 g/mol. The molecule has 2 aromatic heterocycles. The third kappa shape index (κ3) is 3.99. The van der Waals surface area contributed by atoms with Crippen LogP contribution in [-0.4, -0.2) is 33.3 Å². The maximum atomic E-state index is 14.8. The quantitative estimate of drug-likeness (QED) is 0.254. The fourth-order valence-electron chi connectivity index (χ4n) is 6.45. The first kappa shape index (κ1) is 26.4. The molecular formula is C33H20F5N5O. The van der Waals surface area contributed by atoms with Gasteiger partial charge in [0.05, 0.1) is 23.0 Å². The number of allylic oxidation sites excluding steroid dienone is 2. The molecule has 0 bridgehead atoms. The van der Waals surface area contributed by atoms with Gasteiger partial charge in [0.25, 0.3) is 0 Å². The van der Waals surface area contributed by atoms with E-state index < -0.39 is 29.0 Å². The van der Waals surface area contributed by atoms with Crippen molar-refractivity contribution in [1.29, 1.82) is 0 Å². The monoisotopic (exact) mass is 597 g/mol. The molecule has 2 aliphatic heterocycles. The minimum atomic E-state index is -4.55. The molecule has 3 atom stereocenters. The van der Waals surface area contributed by atoms with Crippen LogP contribution in [0.15, 0.2) is 105 Å².